The SMILES string of the molecule is CCSc1oc2c([C@@H](C)Oc3ccc(Cl)nc3N3CCOCC3)cc(C)cc2c(=O)c1C. The van der Waals surface area contributed by atoms with Crippen molar-refractivity contribution in [1.29, 1.82) is 0 Å². The zero-order valence-electron chi connectivity index (χ0n) is 18.7. The third-order valence-corrected chi connectivity index (χ3v) is 6.63. The first-order valence-corrected chi connectivity index (χ1v) is 12.1. The fraction of sp³-hybridized carbons (Fsp3) is 0.417. The minimum Gasteiger partial charge on any atom is -0.482 e. The van der Waals surface area contributed by atoms with E-state index < -0.39 is 0 Å². The van der Waals surface area contributed by atoms with Crippen molar-refractivity contribution in [2.75, 3.05) is 37.0 Å². The Balaban J connectivity index is 1.76. The smallest absolute Gasteiger partial charge is 0.196 e. The zero-order valence-corrected chi connectivity index (χ0v) is 20.3. The average molecular weight is 475 g/mol. The van der Waals surface area contributed by atoms with Crippen molar-refractivity contribution in [2.24, 2.45) is 0 Å². The molecule has 1 aromatic carbocycles. The Kier molecular flexibility index (Phi) is 6.98. The summed E-state index contributed by atoms with van der Waals surface area (Å²) in [4.78, 5) is 19.7. The van der Waals surface area contributed by atoms with Gasteiger partial charge in [0.25, 0.3) is 0 Å². The number of halogens is 1. The molecule has 6 nitrogen and oxygen atoms in total. The van der Waals surface area contributed by atoms with Gasteiger partial charge >= 0.3 is 0 Å². The minimum absolute atomic E-state index is 0.00140. The third-order valence-electron chi connectivity index (χ3n) is 5.48. The van der Waals surface area contributed by atoms with Gasteiger partial charge in [0.2, 0.25) is 0 Å². The van der Waals surface area contributed by atoms with Crippen LogP contribution in [0.1, 0.15) is 36.6 Å². The summed E-state index contributed by atoms with van der Waals surface area (Å²) in [5.74, 6) is 2.15. The lowest BCUT2D eigenvalue weighted by molar-refractivity contribution is 0.121. The molecular formula is C24H27ClN2O4S. The third kappa shape index (κ3) is 4.60. The number of hydrogen-bond donors (Lipinski definition) is 0. The van der Waals surface area contributed by atoms with Gasteiger partial charge in [0.15, 0.2) is 22.1 Å². The van der Waals surface area contributed by atoms with Gasteiger partial charge in [-0.1, -0.05) is 30.3 Å². The first-order valence-electron chi connectivity index (χ1n) is 10.8. The topological polar surface area (TPSA) is 64.8 Å². The molecule has 0 amide bonds. The molecule has 170 valence electrons. The lowest BCUT2D eigenvalue weighted by Gasteiger charge is -2.30. The van der Waals surface area contributed by atoms with Crippen molar-refractivity contribution < 1.29 is 13.9 Å². The highest BCUT2D eigenvalue weighted by Crippen LogP contribution is 2.35. The van der Waals surface area contributed by atoms with Gasteiger partial charge in [-0.25, -0.2) is 4.98 Å². The Morgan fingerprint density at radius 2 is 2.00 bits per heavy atom. The number of ether oxygens (including phenoxy) is 2. The molecule has 1 saturated heterocycles. The van der Waals surface area contributed by atoms with Crippen LogP contribution < -0.4 is 15.1 Å². The Bertz CT molecular complexity index is 1190. The Labute approximate surface area is 196 Å². The first kappa shape index (κ1) is 23.0. The number of anilines is 1. The summed E-state index contributed by atoms with van der Waals surface area (Å²) in [7, 11) is 0. The van der Waals surface area contributed by atoms with Crippen LogP contribution in [0, 0.1) is 13.8 Å². The van der Waals surface area contributed by atoms with Crippen molar-refractivity contribution in [2.45, 2.75) is 38.9 Å². The van der Waals surface area contributed by atoms with E-state index in [1.54, 1.807) is 6.07 Å². The van der Waals surface area contributed by atoms with Crippen LogP contribution >= 0.6 is 23.4 Å². The Morgan fingerprint density at radius 1 is 1.25 bits per heavy atom. The van der Waals surface area contributed by atoms with Crippen LogP contribution in [0.2, 0.25) is 5.15 Å². The number of nitrogens with zero attached hydrogens (tertiary/aromatic N) is 2. The number of benzene rings is 1. The number of morpholine rings is 1. The van der Waals surface area contributed by atoms with Crippen LogP contribution in [0.4, 0.5) is 5.82 Å². The van der Waals surface area contributed by atoms with Crippen LogP contribution in [-0.4, -0.2) is 37.0 Å². The summed E-state index contributed by atoms with van der Waals surface area (Å²) in [6.45, 7) is 10.5. The van der Waals surface area contributed by atoms with Crippen molar-refractivity contribution in [3.8, 4) is 5.75 Å². The number of rotatable bonds is 6. The molecule has 0 radical (unpaired) electrons. The molecule has 0 saturated carbocycles. The van der Waals surface area contributed by atoms with Crippen LogP contribution in [0.25, 0.3) is 11.0 Å². The summed E-state index contributed by atoms with van der Waals surface area (Å²) in [5, 5.41) is 1.65. The molecule has 0 N–H and O–H groups in total. The van der Waals surface area contributed by atoms with E-state index in [1.165, 1.54) is 11.8 Å². The fourth-order valence-corrected chi connectivity index (χ4v) is 4.74. The van der Waals surface area contributed by atoms with Crippen molar-refractivity contribution in [3.63, 3.8) is 0 Å². The molecule has 3 heterocycles. The highest BCUT2D eigenvalue weighted by Gasteiger charge is 2.23. The lowest BCUT2D eigenvalue weighted by Crippen LogP contribution is -2.37. The van der Waals surface area contributed by atoms with E-state index in [0.717, 1.165) is 30.0 Å². The highest BCUT2D eigenvalue weighted by molar-refractivity contribution is 7.99. The average Bonchev–Trinajstić information content (AvgIpc) is 2.79. The van der Waals surface area contributed by atoms with Crippen LogP contribution in [-0.2, 0) is 4.74 Å². The predicted octanol–water partition coefficient (Wildman–Crippen LogP) is 5.55. The quantitative estimate of drug-likeness (QED) is 0.343. The highest BCUT2D eigenvalue weighted by atomic mass is 35.5. The number of pyridine rings is 1. The normalized spacial score (nSPS) is 15.2. The van der Waals surface area contributed by atoms with E-state index in [4.69, 9.17) is 25.5 Å². The Morgan fingerprint density at radius 3 is 2.72 bits per heavy atom. The molecule has 3 aromatic rings. The van der Waals surface area contributed by atoms with Gasteiger partial charge in [-0.2, -0.15) is 0 Å². The van der Waals surface area contributed by atoms with Crippen molar-refractivity contribution in [1.82, 2.24) is 4.98 Å². The number of fused-ring (bicyclic) bond motifs is 1. The zero-order chi connectivity index (χ0) is 22.8. The van der Waals surface area contributed by atoms with Gasteiger partial charge in [-0.05, 0) is 56.4 Å². The number of aromatic nitrogens is 1. The van der Waals surface area contributed by atoms with E-state index in [9.17, 15) is 4.79 Å². The van der Waals surface area contributed by atoms with Gasteiger partial charge in [-0.3, -0.25) is 4.79 Å². The standard InChI is InChI=1S/C24H27ClN2O4S/c1-5-32-24-15(3)21(28)18-13-14(2)12-17(22(18)31-24)16(4)30-19-6-7-20(25)26-23(19)27-8-10-29-11-9-27/h6-7,12-13,16H,5,8-11H2,1-4H3/t16-/m1/s1. The molecule has 0 aliphatic carbocycles. The van der Waals surface area contributed by atoms with Gasteiger partial charge in [0.1, 0.15) is 16.8 Å². The van der Waals surface area contributed by atoms with E-state index in [2.05, 4.69) is 9.88 Å². The van der Waals surface area contributed by atoms with Gasteiger partial charge in [0.05, 0.1) is 18.6 Å². The fourth-order valence-electron chi connectivity index (χ4n) is 3.88. The molecule has 1 atom stereocenters. The second-order valence-corrected chi connectivity index (χ2v) is 9.45. The van der Waals surface area contributed by atoms with E-state index in [1.807, 2.05) is 45.9 Å². The molecule has 32 heavy (non-hydrogen) atoms. The molecule has 0 spiro atoms. The minimum atomic E-state index is -0.370. The van der Waals surface area contributed by atoms with Crippen molar-refractivity contribution >= 4 is 40.1 Å². The van der Waals surface area contributed by atoms with Crippen LogP contribution in [0.15, 0.2) is 38.6 Å². The summed E-state index contributed by atoms with van der Waals surface area (Å²) in [5.41, 5.74) is 3.03. The van der Waals surface area contributed by atoms with E-state index >= 15 is 0 Å². The summed E-state index contributed by atoms with van der Waals surface area (Å²) in [6.07, 6.45) is -0.370. The molecule has 4 rings (SSSR count). The molecule has 0 unspecified atom stereocenters. The first-order chi connectivity index (χ1) is 15.4. The molecular weight excluding hydrogens is 448 g/mol. The number of thioether (sulfide) groups is 1. The monoisotopic (exact) mass is 474 g/mol. The largest absolute Gasteiger partial charge is 0.482 e. The second kappa shape index (κ2) is 9.73. The van der Waals surface area contributed by atoms with Gasteiger partial charge in [0, 0.05) is 24.2 Å². The van der Waals surface area contributed by atoms with E-state index in [-0.39, 0.29) is 11.5 Å². The Hall–Kier alpha value is -2.22. The molecule has 1 fully saturated rings. The predicted molar refractivity (Wildman–Crippen MR) is 130 cm³/mol. The summed E-state index contributed by atoms with van der Waals surface area (Å²) >= 11 is 7.72. The lowest BCUT2D eigenvalue weighted by atomic mass is 10.0. The van der Waals surface area contributed by atoms with Gasteiger partial charge < -0.3 is 18.8 Å². The summed E-state index contributed by atoms with van der Waals surface area (Å²) < 4.78 is 18.1. The van der Waals surface area contributed by atoms with Crippen LogP contribution in [0.3, 0.4) is 0 Å². The molecule has 8 heteroatoms. The van der Waals surface area contributed by atoms with Crippen molar-refractivity contribution in [3.05, 3.63) is 56.3 Å². The van der Waals surface area contributed by atoms with Gasteiger partial charge in [-0.15, -0.1) is 0 Å². The maximum atomic E-state index is 13.1. The molecule has 1 aliphatic heterocycles. The molecule has 2 aromatic heterocycles. The second-order valence-electron chi connectivity index (χ2n) is 7.82. The molecule has 1 aliphatic rings. The number of aryl methyl sites for hydroxylation is 1. The van der Waals surface area contributed by atoms with Crippen LogP contribution in [0.5, 0.6) is 5.75 Å². The molecule has 0 bridgehead atoms. The maximum absolute atomic E-state index is 13.1. The summed E-state index contributed by atoms with van der Waals surface area (Å²) in [6, 6.07) is 7.46. The maximum Gasteiger partial charge on any atom is 0.196 e. The van der Waals surface area contributed by atoms with E-state index in [0.29, 0.717) is 51.6 Å². The number of hydrogen-bond acceptors (Lipinski definition) is 7.